The molecule has 11 aliphatic rings. The van der Waals surface area contributed by atoms with E-state index in [0.717, 1.165) is 167 Å². The van der Waals surface area contributed by atoms with E-state index in [1.807, 2.05) is 12.1 Å². The van der Waals surface area contributed by atoms with Crippen molar-refractivity contribution in [1.29, 1.82) is 0 Å². The minimum Gasteiger partial charge on any atom is -0.508 e. The van der Waals surface area contributed by atoms with Crippen molar-refractivity contribution >= 4 is 17.5 Å². The molecular formula is C74H93N5O6. The van der Waals surface area contributed by atoms with Gasteiger partial charge in [0.1, 0.15) is 17.3 Å². The molecule has 3 saturated carbocycles. The number of allylic oxidation sites excluding steroid dienone is 5. The Kier molecular flexibility index (Phi) is 17.3. The maximum Gasteiger partial charge on any atom is 0.340 e. The first kappa shape index (κ1) is 58.4. The van der Waals surface area contributed by atoms with Crippen LogP contribution in [-0.2, 0) is 45.0 Å². The molecule has 4 aromatic rings. The second-order valence-electron chi connectivity index (χ2n) is 27.3. The molecular weight excluding hydrogens is 1050 g/mol. The Hall–Kier alpha value is -5.66. The molecule has 7 N–H and O–H groups in total. The second kappa shape index (κ2) is 25.2. The highest BCUT2D eigenvalue weighted by Crippen LogP contribution is 2.72. The molecule has 0 amide bonds. The van der Waals surface area contributed by atoms with Crippen LogP contribution in [0.1, 0.15) is 162 Å². The first-order valence-corrected chi connectivity index (χ1v) is 33.2. The fraction of sp³-hybridized carbons (Fsp3) is 0.541. The van der Waals surface area contributed by atoms with Crippen molar-refractivity contribution in [2.45, 2.75) is 167 Å². The van der Waals surface area contributed by atoms with Crippen LogP contribution in [0.5, 0.6) is 5.75 Å². The lowest BCUT2D eigenvalue weighted by atomic mass is 9.44. The number of phenolic OH excluding ortho intramolecular Hbond substituents is 1. The first-order chi connectivity index (χ1) is 41.6. The number of rotatable bonds is 14. The number of esters is 2. The highest BCUT2D eigenvalue weighted by atomic mass is 16.6. The lowest BCUT2D eigenvalue weighted by Crippen LogP contribution is -2.52. The van der Waals surface area contributed by atoms with Gasteiger partial charge in [-0.25, -0.2) is 9.59 Å². The fourth-order valence-electron chi connectivity index (χ4n) is 18.3. The number of piperidine rings is 1. The topological polar surface area (TPSA) is 153 Å². The quantitative estimate of drug-likeness (QED) is 0.0477. The third kappa shape index (κ3) is 11.4. The van der Waals surface area contributed by atoms with E-state index in [4.69, 9.17) is 9.47 Å². The summed E-state index contributed by atoms with van der Waals surface area (Å²) in [6.45, 7) is 9.21. The van der Waals surface area contributed by atoms with Crippen molar-refractivity contribution in [1.82, 2.24) is 26.6 Å². The number of carbonyl (C=O) groups excluding carboxylic acids is 2. The summed E-state index contributed by atoms with van der Waals surface area (Å²) in [6.07, 6.45) is 23.0. The van der Waals surface area contributed by atoms with E-state index in [0.29, 0.717) is 48.6 Å². The van der Waals surface area contributed by atoms with Gasteiger partial charge >= 0.3 is 11.9 Å². The zero-order chi connectivity index (χ0) is 58.2. The van der Waals surface area contributed by atoms with Crippen LogP contribution in [0, 0.1) is 52.3 Å². The van der Waals surface area contributed by atoms with Gasteiger partial charge in [-0.3, -0.25) is 0 Å². The normalized spacial score (nSPS) is 30.6. The Balaban J connectivity index is 0.958. The summed E-state index contributed by atoms with van der Waals surface area (Å²) in [6, 6.07) is 32.4. The maximum atomic E-state index is 15.4. The zero-order valence-corrected chi connectivity index (χ0v) is 50.8. The number of aliphatic hydroxyl groups is 1. The molecule has 0 aromatic heterocycles. The molecule has 2 saturated heterocycles. The summed E-state index contributed by atoms with van der Waals surface area (Å²) >= 11 is 0. The summed E-state index contributed by atoms with van der Waals surface area (Å²) in [5.74, 6) is 1.86. The lowest BCUT2D eigenvalue weighted by Gasteiger charge is -2.56. The Bertz CT molecular complexity index is 3250. The molecule has 11 nitrogen and oxygen atoms in total. The smallest absolute Gasteiger partial charge is 0.340 e. The molecule has 0 radical (unpaired) electrons. The zero-order valence-electron chi connectivity index (χ0n) is 50.8. The Morgan fingerprint density at radius 1 is 0.812 bits per heavy atom. The molecule has 85 heavy (non-hydrogen) atoms. The van der Waals surface area contributed by atoms with Crippen molar-refractivity contribution in [2.75, 3.05) is 33.2 Å². The number of hydrogen-bond donors (Lipinski definition) is 7. The molecule has 14 bridgehead atoms. The third-order valence-corrected chi connectivity index (χ3v) is 22.4. The molecule has 11 atom stereocenters. The number of aliphatic hydroxyl groups excluding tert-OH is 1. The van der Waals surface area contributed by atoms with Gasteiger partial charge in [0.2, 0.25) is 0 Å². The van der Waals surface area contributed by atoms with Gasteiger partial charge in [-0.05, 0) is 251 Å². The number of nitrogens with one attached hydrogen (secondary N) is 5. The summed E-state index contributed by atoms with van der Waals surface area (Å²) in [7, 11) is 2.07. The number of ether oxygens (including phenoxy) is 2. The van der Waals surface area contributed by atoms with E-state index in [9.17, 15) is 10.2 Å². The van der Waals surface area contributed by atoms with Gasteiger partial charge in [0.05, 0.1) is 23.3 Å². The van der Waals surface area contributed by atoms with Gasteiger partial charge in [-0.1, -0.05) is 106 Å². The van der Waals surface area contributed by atoms with E-state index in [2.05, 4.69) is 132 Å². The molecule has 1 spiro atoms. The van der Waals surface area contributed by atoms with Crippen LogP contribution >= 0.6 is 0 Å². The van der Waals surface area contributed by atoms with E-state index in [-0.39, 0.29) is 59.0 Å². The molecule has 450 valence electrons. The summed E-state index contributed by atoms with van der Waals surface area (Å²) in [5.41, 5.74) is 11.7. The van der Waals surface area contributed by atoms with E-state index in [1.165, 1.54) is 41.5 Å². The number of phenols is 1. The SMILES string of the molecule is CCCNCc1cc2cc(c1)C(NCC(O)C1CCCCC1)C1CCC(C3CCNC(NC)C3)(CC=C3OC(=O)C4=C3CCC3C5CCC6(C(=CC(CC)Cc7ccccc7)OC(=O)C6=C5c5cc(O)ccc5-c5cccc(c5)CNCC2)C43)C1. The van der Waals surface area contributed by atoms with Crippen LogP contribution in [0.4, 0.5) is 0 Å². The van der Waals surface area contributed by atoms with Crippen LogP contribution in [-0.4, -0.2) is 67.6 Å². The molecule has 4 aromatic carbocycles. The van der Waals surface area contributed by atoms with Crippen LogP contribution in [0.25, 0.3) is 16.7 Å². The third-order valence-electron chi connectivity index (χ3n) is 22.4. The molecule has 6 aliphatic carbocycles. The molecule has 15 rings (SSSR count). The molecule has 5 heterocycles. The summed E-state index contributed by atoms with van der Waals surface area (Å²) in [5, 5.41) is 42.6. The Morgan fingerprint density at radius 2 is 1.68 bits per heavy atom. The van der Waals surface area contributed by atoms with Crippen molar-refractivity contribution in [3.63, 3.8) is 0 Å². The molecule has 5 fully saturated rings. The van der Waals surface area contributed by atoms with E-state index in [1.54, 1.807) is 6.07 Å². The molecule has 11 heteroatoms. The van der Waals surface area contributed by atoms with Gasteiger partial charge in [0.25, 0.3) is 0 Å². The standard InChI is InChI=1S/C74H93N5O6/c1-4-31-76-44-50-35-48-26-32-77-43-49-15-12-18-52(37-49)57-20-19-56(80)41-61(57)66-58-24-30-74(64(85-72(83)69(66)74)39-46(5-2)34-47-13-8-6-9-14-47)68-59(58)21-22-60-63(84-71(82)67(60)68)25-29-73(55-27-33-78-65(40-55)75-3)28-23-53(42-73)70(54(36-48)38-50)79-45-62(81)51-16-10-7-11-17-51/h6,8-9,12-15,18-20,25,35-39,41,46,51,53,55,58-59,62,65,68,70,75-81H,4-5,7,10-11,16-17,21-24,26-34,40,42-45H2,1-3H3. The highest BCUT2D eigenvalue weighted by Gasteiger charge is 2.69. The van der Waals surface area contributed by atoms with Crippen LogP contribution in [0.2, 0.25) is 0 Å². The van der Waals surface area contributed by atoms with E-state index >= 15 is 9.59 Å². The average molecular weight is 1150 g/mol. The fourth-order valence-corrected chi connectivity index (χ4v) is 18.3. The van der Waals surface area contributed by atoms with Crippen molar-refractivity contribution in [3.8, 4) is 16.9 Å². The van der Waals surface area contributed by atoms with Gasteiger partial charge in [-0.15, -0.1) is 0 Å². The van der Waals surface area contributed by atoms with E-state index < -0.39 is 11.5 Å². The summed E-state index contributed by atoms with van der Waals surface area (Å²) < 4.78 is 13.5. The monoisotopic (exact) mass is 1150 g/mol. The van der Waals surface area contributed by atoms with Crippen molar-refractivity contribution in [2.24, 2.45) is 52.3 Å². The lowest BCUT2D eigenvalue weighted by molar-refractivity contribution is -0.135. The Labute approximate surface area is 505 Å². The molecule has 11 unspecified atom stereocenters. The van der Waals surface area contributed by atoms with Crippen molar-refractivity contribution in [3.05, 3.63) is 165 Å². The van der Waals surface area contributed by atoms with Crippen molar-refractivity contribution < 1.29 is 29.3 Å². The average Bonchev–Trinajstić information content (AvgIpc) is 1.65. The largest absolute Gasteiger partial charge is 0.508 e. The van der Waals surface area contributed by atoms with Gasteiger partial charge in [0.15, 0.2) is 0 Å². The second-order valence-corrected chi connectivity index (χ2v) is 27.3. The number of hydrogen-bond acceptors (Lipinski definition) is 11. The van der Waals surface area contributed by atoms with Gasteiger partial charge in [-0.2, -0.15) is 0 Å². The number of cyclic esters (lactones) is 1. The minimum absolute atomic E-state index is 0.0419. The minimum atomic E-state index is -0.890. The predicted molar refractivity (Wildman–Crippen MR) is 336 cm³/mol. The van der Waals surface area contributed by atoms with Gasteiger partial charge < -0.3 is 46.3 Å². The summed E-state index contributed by atoms with van der Waals surface area (Å²) in [4.78, 5) is 30.7. The first-order valence-electron chi connectivity index (χ1n) is 33.2. The van der Waals surface area contributed by atoms with Crippen LogP contribution in [0.15, 0.2) is 131 Å². The van der Waals surface area contributed by atoms with Crippen LogP contribution < -0.4 is 26.6 Å². The van der Waals surface area contributed by atoms with Gasteiger partial charge in [0, 0.05) is 42.7 Å². The molecule has 5 aliphatic heterocycles. The predicted octanol–water partition coefficient (Wildman–Crippen LogP) is 12.8. The maximum absolute atomic E-state index is 15.4. The van der Waals surface area contributed by atoms with Crippen LogP contribution in [0.3, 0.4) is 0 Å². The number of fused-ring (bicyclic) bond motifs is 5. The number of benzene rings is 4. The number of carbonyl (C=O) groups is 2. The Morgan fingerprint density at radius 3 is 2.52 bits per heavy atom. The number of aromatic hydroxyl groups is 1. The highest BCUT2D eigenvalue weighted by molar-refractivity contribution is 6.07.